The fourth-order valence-electron chi connectivity index (χ4n) is 0.772. The van der Waals surface area contributed by atoms with Gasteiger partial charge in [0.15, 0.2) is 0 Å². The van der Waals surface area contributed by atoms with Crippen LogP contribution in [0.5, 0.6) is 0 Å². The molecule has 0 spiro atoms. The first-order valence-electron chi connectivity index (χ1n) is 2.86. The molecule has 0 aliphatic carbocycles. The van der Waals surface area contributed by atoms with E-state index in [4.69, 9.17) is 0 Å². The quantitative estimate of drug-likeness (QED) is 0.510. The maximum Gasteiger partial charge on any atom is 0.431 e. The van der Waals surface area contributed by atoms with E-state index in [0.29, 0.717) is 6.54 Å². The Morgan fingerprint density at radius 1 is 1.50 bits per heavy atom. The normalized spacial score (nSPS) is 19.6. The topological polar surface area (TPSA) is 15.6 Å². The molecule has 1 rings (SSSR count). The summed E-state index contributed by atoms with van der Waals surface area (Å²) in [6.07, 6.45) is -4.22. The van der Waals surface area contributed by atoms with Crippen molar-refractivity contribution in [1.82, 2.24) is 5.01 Å². The van der Waals surface area contributed by atoms with Crippen LogP contribution in [0.1, 0.15) is 6.42 Å². The molecule has 2 nitrogen and oxygen atoms in total. The van der Waals surface area contributed by atoms with Gasteiger partial charge in [-0.05, 0) is 0 Å². The summed E-state index contributed by atoms with van der Waals surface area (Å²) in [6, 6.07) is 0. The van der Waals surface area contributed by atoms with Crippen molar-refractivity contribution in [2.24, 2.45) is 5.10 Å². The Bertz CT molecular complexity index is 161. The van der Waals surface area contributed by atoms with Gasteiger partial charge in [-0.25, -0.2) is 0 Å². The van der Waals surface area contributed by atoms with Crippen LogP contribution in [0, 0.1) is 0 Å². The lowest BCUT2D eigenvalue weighted by molar-refractivity contribution is -0.0600. The molecule has 0 bridgehead atoms. The number of halogens is 3. The van der Waals surface area contributed by atoms with Crippen LogP contribution in [0.15, 0.2) is 5.10 Å². The monoisotopic (exact) mass is 152 g/mol. The van der Waals surface area contributed by atoms with Crippen LogP contribution in [0.25, 0.3) is 0 Å². The number of hydrogen-bond donors (Lipinski definition) is 0. The summed E-state index contributed by atoms with van der Waals surface area (Å²) in [4.78, 5) is 0. The summed E-state index contributed by atoms with van der Waals surface area (Å²) in [5.41, 5.74) is -0.671. The van der Waals surface area contributed by atoms with Crippen LogP contribution in [-0.2, 0) is 0 Å². The minimum absolute atomic E-state index is 0.0139. The van der Waals surface area contributed by atoms with E-state index in [2.05, 4.69) is 5.10 Å². The zero-order valence-corrected chi connectivity index (χ0v) is 5.44. The summed E-state index contributed by atoms with van der Waals surface area (Å²) in [5.74, 6) is 0. The Hall–Kier alpha value is -0.740. The molecule has 0 N–H and O–H groups in total. The number of rotatable bonds is 0. The lowest BCUT2D eigenvalue weighted by atomic mass is 10.3. The van der Waals surface area contributed by atoms with Crippen LogP contribution in [0.2, 0.25) is 0 Å². The molecular weight excluding hydrogens is 145 g/mol. The average molecular weight is 152 g/mol. The fourth-order valence-corrected chi connectivity index (χ4v) is 0.772. The van der Waals surface area contributed by atoms with E-state index in [0.717, 1.165) is 0 Å². The predicted molar refractivity (Wildman–Crippen MR) is 30.7 cm³/mol. The van der Waals surface area contributed by atoms with Crippen LogP contribution in [0.3, 0.4) is 0 Å². The molecule has 0 amide bonds. The highest BCUT2D eigenvalue weighted by Crippen LogP contribution is 2.22. The van der Waals surface area contributed by atoms with Gasteiger partial charge < -0.3 is 0 Å². The summed E-state index contributed by atoms with van der Waals surface area (Å²) in [7, 11) is 1.53. The summed E-state index contributed by atoms with van der Waals surface area (Å²) >= 11 is 0. The van der Waals surface area contributed by atoms with E-state index in [9.17, 15) is 13.2 Å². The van der Waals surface area contributed by atoms with E-state index in [1.165, 1.54) is 12.1 Å². The lowest BCUT2D eigenvalue weighted by Crippen LogP contribution is -2.20. The van der Waals surface area contributed by atoms with Gasteiger partial charge in [0, 0.05) is 20.0 Å². The van der Waals surface area contributed by atoms with Crippen molar-refractivity contribution in [2.75, 3.05) is 13.6 Å². The highest BCUT2D eigenvalue weighted by molar-refractivity contribution is 5.90. The van der Waals surface area contributed by atoms with E-state index >= 15 is 0 Å². The molecule has 0 unspecified atom stereocenters. The molecule has 1 heterocycles. The van der Waals surface area contributed by atoms with Gasteiger partial charge in [0.1, 0.15) is 5.71 Å². The summed E-state index contributed by atoms with van der Waals surface area (Å²) < 4.78 is 35.3. The third-order valence-corrected chi connectivity index (χ3v) is 1.29. The number of nitrogens with zero attached hydrogens (tertiary/aromatic N) is 2. The van der Waals surface area contributed by atoms with Crippen molar-refractivity contribution < 1.29 is 13.2 Å². The molecule has 1 aliphatic heterocycles. The molecule has 0 radical (unpaired) electrons. The van der Waals surface area contributed by atoms with Crippen LogP contribution in [0.4, 0.5) is 13.2 Å². The Morgan fingerprint density at radius 2 is 2.10 bits per heavy atom. The molecule has 10 heavy (non-hydrogen) atoms. The molecule has 0 saturated heterocycles. The number of hydrazone groups is 1. The van der Waals surface area contributed by atoms with E-state index in [1.54, 1.807) is 0 Å². The molecule has 0 atom stereocenters. The van der Waals surface area contributed by atoms with Crippen molar-refractivity contribution in [3.8, 4) is 0 Å². The third-order valence-electron chi connectivity index (χ3n) is 1.29. The Labute approximate surface area is 56.3 Å². The van der Waals surface area contributed by atoms with Gasteiger partial charge in [-0.15, -0.1) is 0 Å². The molecule has 0 aromatic heterocycles. The highest BCUT2D eigenvalue weighted by atomic mass is 19.4. The molecule has 0 fully saturated rings. The van der Waals surface area contributed by atoms with Crippen LogP contribution in [-0.4, -0.2) is 30.5 Å². The largest absolute Gasteiger partial charge is 0.431 e. The average Bonchev–Trinajstić information content (AvgIpc) is 2.11. The molecule has 0 aromatic carbocycles. The van der Waals surface area contributed by atoms with Gasteiger partial charge in [0.2, 0.25) is 0 Å². The lowest BCUT2D eigenvalue weighted by Gasteiger charge is -2.03. The third kappa shape index (κ3) is 1.40. The summed E-state index contributed by atoms with van der Waals surface area (Å²) in [6.45, 7) is 0.370. The standard InChI is InChI=1S/C5H7F3N2/c1-10-3-2-4(9-10)5(6,7)8/h2-3H2,1H3. The second-order valence-electron chi connectivity index (χ2n) is 2.18. The minimum Gasteiger partial charge on any atom is -0.299 e. The molecular formula is C5H7F3N2. The maximum atomic E-state index is 11.8. The van der Waals surface area contributed by atoms with Gasteiger partial charge in [-0.2, -0.15) is 18.3 Å². The van der Waals surface area contributed by atoms with E-state index in [-0.39, 0.29) is 6.42 Å². The summed E-state index contributed by atoms with van der Waals surface area (Å²) in [5, 5.41) is 4.58. The van der Waals surface area contributed by atoms with Crippen molar-refractivity contribution in [3.63, 3.8) is 0 Å². The van der Waals surface area contributed by atoms with Gasteiger partial charge in [0.25, 0.3) is 0 Å². The second-order valence-corrected chi connectivity index (χ2v) is 2.18. The van der Waals surface area contributed by atoms with E-state index in [1.807, 2.05) is 0 Å². The molecule has 0 aromatic rings. The van der Waals surface area contributed by atoms with Gasteiger partial charge in [-0.3, -0.25) is 5.01 Å². The first kappa shape index (κ1) is 7.37. The first-order valence-corrected chi connectivity index (χ1v) is 2.86. The van der Waals surface area contributed by atoms with Crippen LogP contribution >= 0.6 is 0 Å². The fraction of sp³-hybridized carbons (Fsp3) is 0.800. The number of hydrogen-bond acceptors (Lipinski definition) is 2. The van der Waals surface area contributed by atoms with Crippen molar-refractivity contribution in [1.29, 1.82) is 0 Å². The van der Waals surface area contributed by atoms with Gasteiger partial charge >= 0.3 is 6.18 Å². The molecule has 58 valence electrons. The Morgan fingerprint density at radius 3 is 2.30 bits per heavy atom. The SMILES string of the molecule is CN1CCC(C(F)(F)F)=N1. The maximum absolute atomic E-state index is 11.8. The van der Waals surface area contributed by atoms with Crippen LogP contribution < -0.4 is 0 Å². The Balaban J connectivity index is 2.67. The Kier molecular flexibility index (Phi) is 1.58. The molecule has 5 heteroatoms. The highest BCUT2D eigenvalue weighted by Gasteiger charge is 2.37. The number of alkyl halides is 3. The zero-order valence-electron chi connectivity index (χ0n) is 5.44. The van der Waals surface area contributed by atoms with Gasteiger partial charge in [0.05, 0.1) is 0 Å². The first-order chi connectivity index (χ1) is 4.50. The minimum atomic E-state index is -4.23. The molecule has 0 saturated carbocycles. The second kappa shape index (κ2) is 2.14. The molecule has 1 aliphatic rings. The predicted octanol–water partition coefficient (Wildman–Crippen LogP) is 1.24. The van der Waals surface area contributed by atoms with E-state index < -0.39 is 11.9 Å². The van der Waals surface area contributed by atoms with Crippen molar-refractivity contribution in [2.45, 2.75) is 12.6 Å². The smallest absolute Gasteiger partial charge is 0.299 e. The van der Waals surface area contributed by atoms with Gasteiger partial charge in [-0.1, -0.05) is 0 Å². The van der Waals surface area contributed by atoms with Crippen molar-refractivity contribution >= 4 is 5.71 Å². The van der Waals surface area contributed by atoms with Crippen molar-refractivity contribution in [3.05, 3.63) is 0 Å². The zero-order chi connectivity index (χ0) is 7.78.